The van der Waals surface area contributed by atoms with Crippen molar-refractivity contribution >= 4 is 27.7 Å². The number of sulfonamides is 1. The summed E-state index contributed by atoms with van der Waals surface area (Å²) in [4.78, 5) is 29.9. The fourth-order valence-corrected chi connectivity index (χ4v) is 6.89. The molecule has 2 aromatic rings. The Morgan fingerprint density at radius 2 is 1.92 bits per heavy atom. The molecule has 1 fully saturated rings. The second-order valence-corrected chi connectivity index (χ2v) is 12.1. The van der Waals surface area contributed by atoms with Crippen LogP contribution in [0.25, 0.3) is 0 Å². The van der Waals surface area contributed by atoms with Crippen LogP contribution in [0, 0.1) is 5.92 Å². The van der Waals surface area contributed by atoms with Crippen LogP contribution >= 0.6 is 0 Å². The molecule has 2 N–H and O–H groups in total. The summed E-state index contributed by atoms with van der Waals surface area (Å²) in [5.74, 6) is 0.334. The maximum Gasteiger partial charge on any atom is 0.256 e. The SMILES string of the molecule is CCCOc1ccc(S(=O)(=O)N2CCC([C@@H](O)CO)CC2)cc1C1=Nc2c(CCC)c(C=O)n(C)c(=O)c2C1. The third-order valence-corrected chi connectivity index (χ3v) is 9.49. The fourth-order valence-electron chi connectivity index (χ4n) is 5.39. The molecule has 0 aliphatic carbocycles. The van der Waals surface area contributed by atoms with E-state index in [0.29, 0.717) is 71.7 Å². The van der Waals surface area contributed by atoms with Crippen molar-refractivity contribution in [3.05, 3.63) is 50.9 Å². The van der Waals surface area contributed by atoms with Crippen molar-refractivity contribution in [2.75, 3.05) is 26.3 Å². The van der Waals surface area contributed by atoms with Gasteiger partial charge in [-0.2, -0.15) is 4.31 Å². The minimum absolute atomic E-state index is 0.0939. The summed E-state index contributed by atoms with van der Waals surface area (Å²) in [6, 6.07) is 4.71. The van der Waals surface area contributed by atoms with E-state index in [2.05, 4.69) is 0 Å². The van der Waals surface area contributed by atoms with Crippen LogP contribution in [-0.2, 0) is 29.9 Å². The Labute approximate surface area is 229 Å². The largest absolute Gasteiger partial charge is 0.493 e. The first-order valence-corrected chi connectivity index (χ1v) is 15.0. The van der Waals surface area contributed by atoms with Crippen molar-refractivity contribution in [2.24, 2.45) is 18.0 Å². The van der Waals surface area contributed by atoms with E-state index in [-0.39, 0.29) is 42.5 Å². The molecule has 1 atom stereocenters. The summed E-state index contributed by atoms with van der Waals surface area (Å²) < 4.78 is 35.9. The number of hydrogen-bond donors (Lipinski definition) is 2. The molecule has 0 spiro atoms. The van der Waals surface area contributed by atoms with Crippen LogP contribution in [0.4, 0.5) is 5.69 Å². The molecule has 0 amide bonds. The van der Waals surface area contributed by atoms with Gasteiger partial charge in [0.1, 0.15) is 5.75 Å². The first kappa shape index (κ1) is 29.1. The molecule has 2 aliphatic heterocycles. The minimum atomic E-state index is -3.85. The van der Waals surface area contributed by atoms with Gasteiger partial charge in [0.05, 0.1) is 41.3 Å². The monoisotopic (exact) mass is 559 g/mol. The van der Waals surface area contributed by atoms with Crippen LogP contribution in [0.5, 0.6) is 5.75 Å². The third-order valence-electron chi connectivity index (χ3n) is 7.60. The van der Waals surface area contributed by atoms with Crippen LogP contribution in [0.1, 0.15) is 66.7 Å². The maximum atomic E-state index is 13.6. The molecule has 0 radical (unpaired) electrons. The number of aliphatic imine (C=N–C) groups is 1. The Kier molecular flexibility index (Phi) is 9.05. The third kappa shape index (κ3) is 5.58. The lowest BCUT2D eigenvalue weighted by Crippen LogP contribution is -2.42. The smallest absolute Gasteiger partial charge is 0.256 e. The van der Waals surface area contributed by atoms with E-state index in [1.807, 2.05) is 13.8 Å². The van der Waals surface area contributed by atoms with Gasteiger partial charge in [0, 0.05) is 43.2 Å². The number of carbonyl (C=O) groups is 1. The highest BCUT2D eigenvalue weighted by Crippen LogP contribution is 2.36. The van der Waals surface area contributed by atoms with E-state index in [0.717, 1.165) is 12.8 Å². The van der Waals surface area contributed by atoms with Crippen LogP contribution in [0.2, 0.25) is 0 Å². The van der Waals surface area contributed by atoms with Crippen molar-refractivity contribution < 1.29 is 28.2 Å². The first-order chi connectivity index (χ1) is 18.7. The predicted molar refractivity (Wildman–Crippen MR) is 148 cm³/mol. The number of fused-ring (bicyclic) bond motifs is 1. The van der Waals surface area contributed by atoms with Crippen LogP contribution in [-0.4, -0.2) is 71.9 Å². The lowest BCUT2D eigenvalue weighted by atomic mass is 9.93. The predicted octanol–water partition coefficient (Wildman–Crippen LogP) is 2.37. The second-order valence-electron chi connectivity index (χ2n) is 10.2. The van der Waals surface area contributed by atoms with Gasteiger partial charge in [-0.25, -0.2) is 8.42 Å². The number of piperidine rings is 1. The molecule has 0 unspecified atom stereocenters. The van der Waals surface area contributed by atoms with Gasteiger partial charge in [-0.1, -0.05) is 20.3 Å². The van der Waals surface area contributed by atoms with Crippen molar-refractivity contribution in [3.63, 3.8) is 0 Å². The van der Waals surface area contributed by atoms with E-state index < -0.39 is 16.1 Å². The average molecular weight is 560 g/mol. The summed E-state index contributed by atoms with van der Waals surface area (Å²) >= 11 is 0. The molecule has 4 rings (SSSR count). The summed E-state index contributed by atoms with van der Waals surface area (Å²) in [5, 5.41) is 19.2. The summed E-state index contributed by atoms with van der Waals surface area (Å²) in [7, 11) is -2.27. The quantitative estimate of drug-likeness (QED) is 0.403. The summed E-state index contributed by atoms with van der Waals surface area (Å²) in [6.45, 7) is 4.53. The topological polar surface area (TPSA) is 138 Å². The Morgan fingerprint density at radius 3 is 2.54 bits per heavy atom. The van der Waals surface area contributed by atoms with Gasteiger partial charge in [-0.3, -0.25) is 14.6 Å². The number of aldehydes is 1. The van der Waals surface area contributed by atoms with Crippen molar-refractivity contribution in [1.82, 2.24) is 8.87 Å². The van der Waals surface area contributed by atoms with Gasteiger partial charge in [0.15, 0.2) is 6.29 Å². The molecule has 2 aliphatic rings. The Bertz CT molecular complexity index is 1420. The van der Waals surface area contributed by atoms with E-state index in [1.54, 1.807) is 19.2 Å². The van der Waals surface area contributed by atoms with Gasteiger partial charge in [0.25, 0.3) is 5.56 Å². The number of aliphatic hydroxyl groups excluding tert-OH is 2. The zero-order chi connectivity index (χ0) is 28.3. The lowest BCUT2D eigenvalue weighted by molar-refractivity contribution is 0.0278. The molecule has 1 aromatic carbocycles. The number of carbonyl (C=O) groups excluding carboxylic acids is 1. The van der Waals surface area contributed by atoms with Crippen LogP contribution < -0.4 is 10.3 Å². The highest BCUT2D eigenvalue weighted by atomic mass is 32.2. The minimum Gasteiger partial charge on any atom is -0.493 e. The van der Waals surface area contributed by atoms with Crippen molar-refractivity contribution in [1.29, 1.82) is 0 Å². The van der Waals surface area contributed by atoms with Gasteiger partial charge in [-0.05, 0) is 49.8 Å². The van der Waals surface area contributed by atoms with Crippen LogP contribution in [0.15, 0.2) is 32.9 Å². The number of hydrogen-bond acceptors (Lipinski definition) is 8. The molecule has 1 aromatic heterocycles. The summed E-state index contributed by atoms with van der Waals surface area (Å²) in [5.41, 5.74) is 2.74. The fraction of sp³-hybridized carbons (Fsp3) is 0.536. The highest BCUT2D eigenvalue weighted by Gasteiger charge is 2.33. The Hall–Kier alpha value is -2.86. The maximum absolute atomic E-state index is 13.6. The number of rotatable bonds is 11. The first-order valence-electron chi connectivity index (χ1n) is 13.5. The van der Waals surface area contributed by atoms with E-state index in [4.69, 9.17) is 9.73 Å². The van der Waals surface area contributed by atoms with Crippen LogP contribution in [0.3, 0.4) is 0 Å². The highest BCUT2D eigenvalue weighted by molar-refractivity contribution is 7.89. The second kappa shape index (κ2) is 12.1. The number of nitrogens with zero attached hydrogens (tertiary/aromatic N) is 3. The molecule has 0 bridgehead atoms. The zero-order valence-electron chi connectivity index (χ0n) is 22.7. The van der Waals surface area contributed by atoms with Crippen molar-refractivity contribution in [3.8, 4) is 5.75 Å². The lowest BCUT2D eigenvalue weighted by Gasteiger charge is -2.33. The van der Waals surface area contributed by atoms with E-state index in [9.17, 15) is 28.2 Å². The number of ether oxygens (including phenoxy) is 1. The molecule has 3 heterocycles. The Balaban J connectivity index is 1.75. The number of pyridine rings is 1. The standard InChI is InChI=1S/C28H37N3O7S/c1-4-6-20-24(16-32)30(3)28(35)22-15-23(29-27(20)22)21-14-19(7-8-26(21)38-13-5-2)39(36,37)31-11-9-18(10-12-31)25(34)17-33/h7-8,14,16,18,25,33-34H,4-6,9-13,15,17H2,1-3H3/t25-/m0/s1. The molecule has 0 saturated carbocycles. The molecular weight excluding hydrogens is 522 g/mol. The summed E-state index contributed by atoms with van der Waals surface area (Å²) in [6.07, 6.45) is 3.04. The number of aliphatic hydroxyl groups is 2. The molecule has 39 heavy (non-hydrogen) atoms. The van der Waals surface area contributed by atoms with Gasteiger partial charge in [-0.15, -0.1) is 0 Å². The van der Waals surface area contributed by atoms with E-state index >= 15 is 0 Å². The number of benzene rings is 1. The molecular formula is C28H37N3O7S. The molecule has 1 saturated heterocycles. The molecule has 10 nitrogen and oxygen atoms in total. The molecule has 11 heteroatoms. The average Bonchev–Trinajstić information content (AvgIpc) is 3.40. The number of aromatic nitrogens is 1. The van der Waals surface area contributed by atoms with Gasteiger partial charge >= 0.3 is 0 Å². The molecule has 212 valence electrons. The van der Waals surface area contributed by atoms with E-state index in [1.165, 1.54) is 14.9 Å². The zero-order valence-corrected chi connectivity index (χ0v) is 23.5. The van der Waals surface area contributed by atoms with Gasteiger partial charge in [0.2, 0.25) is 10.0 Å². The Morgan fingerprint density at radius 1 is 1.21 bits per heavy atom. The normalized spacial score (nSPS) is 17.1. The van der Waals surface area contributed by atoms with Gasteiger partial charge < -0.3 is 19.5 Å². The van der Waals surface area contributed by atoms with Crippen molar-refractivity contribution in [2.45, 2.75) is 63.4 Å².